The summed E-state index contributed by atoms with van der Waals surface area (Å²) >= 11 is 0. The molecule has 1 saturated heterocycles. The third kappa shape index (κ3) is 4.63. The van der Waals surface area contributed by atoms with Crippen molar-refractivity contribution in [3.8, 4) is 11.4 Å². The minimum absolute atomic E-state index is 0.0701. The predicted molar refractivity (Wildman–Crippen MR) is 110 cm³/mol. The fourth-order valence-electron chi connectivity index (χ4n) is 3.63. The smallest absolute Gasteiger partial charge is 0.270 e. The number of rotatable bonds is 6. The summed E-state index contributed by atoms with van der Waals surface area (Å²) in [5.74, 6) is 0.545. The van der Waals surface area contributed by atoms with Crippen molar-refractivity contribution in [3.63, 3.8) is 0 Å². The van der Waals surface area contributed by atoms with Gasteiger partial charge in [0.1, 0.15) is 0 Å². The number of likely N-dealkylation sites (tertiary alicyclic amines) is 1. The molecule has 0 spiro atoms. The molecular formula is C20H20N4O6S. The van der Waals surface area contributed by atoms with Crippen LogP contribution >= 0.6 is 0 Å². The zero-order chi connectivity index (χ0) is 22.2. The molecular weight excluding hydrogens is 424 g/mol. The van der Waals surface area contributed by atoms with E-state index in [-0.39, 0.29) is 22.4 Å². The molecule has 3 aromatic rings. The van der Waals surface area contributed by atoms with Crippen LogP contribution in [-0.4, -0.2) is 52.4 Å². The zero-order valence-corrected chi connectivity index (χ0v) is 17.4. The van der Waals surface area contributed by atoms with Gasteiger partial charge in [0.15, 0.2) is 9.84 Å². The second kappa shape index (κ2) is 8.17. The van der Waals surface area contributed by atoms with Crippen molar-refractivity contribution in [2.24, 2.45) is 0 Å². The summed E-state index contributed by atoms with van der Waals surface area (Å²) in [6.45, 7) is 0.854. The first-order valence-corrected chi connectivity index (χ1v) is 11.4. The van der Waals surface area contributed by atoms with Crippen LogP contribution in [0.5, 0.6) is 0 Å². The van der Waals surface area contributed by atoms with E-state index in [2.05, 4.69) is 10.1 Å². The molecule has 1 aromatic heterocycles. The number of sulfone groups is 1. The van der Waals surface area contributed by atoms with E-state index in [0.29, 0.717) is 31.0 Å². The summed E-state index contributed by atoms with van der Waals surface area (Å²) in [6, 6.07) is 12.2. The molecule has 0 radical (unpaired) electrons. The lowest BCUT2D eigenvalue weighted by Gasteiger charge is -2.21. The van der Waals surface area contributed by atoms with Crippen LogP contribution in [0.1, 0.15) is 23.9 Å². The molecule has 0 unspecified atom stereocenters. The lowest BCUT2D eigenvalue weighted by atomic mass is 10.1. The van der Waals surface area contributed by atoms with Gasteiger partial charge in [0, 0.05) is 37.0 Å². The van der Waals surface area contributed by atoms with Crippen molar-refractivity contribution in [2.45, 2.75) is 30.0 Å². The highest BCUT2D eigenvalue weighted by atomic mass is 32.2. The fourth-order valence-corrected chi connectivity index (χ4v) is 4.26. The molecule has 11 heteroatoms. The Morgan fingerprint density at radius 3 is 2.68 bits per heavy atom. The number of nitrogens with zero attached hydrogens (tertiary/aromatic N) is 4. The van der Waals surface area contributed by atoms with Gasteiger partial charge in [-0.25, -0.2) is 8.42 Å². The van der Waals surface area contributed by atoms with Crippen LogP contribution in [0, 0.1) is 10.1 Å². The molecule has 2 heterocycles. The fraction of sp³-hybridized carbons (Fsp3) is 0.300. The molecule has 0 saturated carbocycles. The molecule has 2 atom stereocenters. The lowest BCUT2D eigenvalue weighted by molar-refractivity contribution is -0.384. The molecule has 1 aliphatic rings. The Labute approximate surface area is 178 Å². The SMILES string of the molecule is CS(=O)(=O)c1ccc(CN2C[C@H](O)C[C@H]2c2nc(-c3cccc([N+](=O)[O-])c3)no2)cc1. The number of aliphatic hydroxyl groups is 1. The van der Waals surface area contributed by atoms with E-state index in [1.165, 1.54) is 12.1 Å². The van der Waals surface area contributed by atoms with Gasteiger partial charge < -0.3 is 9.63 Å². The van der Waals surface area contributed by atoms with Gasteiger partial charge in [-0.1, -0.05) is 29.4 Å². The first-order valence-electron chi connectivity index (χ1n) is 9.50. The number of benzene rings is 2. The molecule has 4 rings (SSSR count). The number of hydrogen-bond acceptors (Lipinski definition) is 9. The number of hydrogen-bond donors (Lipinski definition) is 1. The molecule has 10 nitrogen and oxygen atoms in total. The summed E-state index contributed by atoms with van der Waals surface area (Å²) in [7, 11) is -3.27. The molecule has 1 N–H and O–H groups in total. The molecule has 162 valence electrons. The highest BCUT2D eigenvalue weighted by molar-refractivity contribution is 7.90. The summed E-state index contributed by atoms with van der Waals surface area (Å²) in [4.78, 5) is 17.1. The average molecular weight is 444 g/mol. The molecule has 31 heavy (non-hydrogen) atoms. The van der Waals surface area contributed by atoms with Crippen LogP contribution in [0.15, 0.2) is 57.9 Å². The number of non-ortho nitro benzene ring substituents is 1. The van der Waals surface area contributed by atoms with E-state index in [4.69, 9.17) is 4.52 Å². The monoisotopic (exact) mass is 444 g/mol. The molecule has 0 bridgehead atoms. The Hall–Kier alpha value is -3.15. The lowest BCUT2D eigenvalue weighted by Crippen LogP contribution is -2.24. The van der Waals surface area contributed by atoms with Crippen molar-refractivity contribution in [3.05, 3.63) is 70.1 Å². The Morgan fingerprint density at radius 1 is 1.26 bits per heavy atom. The van der Waals surface area contributed by atoms with Gasteiger partial charge in [0.2, 0.25) is 11.7 Å². The van der Waals surface area contributed by atoms with Gasteiger partial charge in [0.05, 0.1) is 22.0 Å². The van der Waals surface area contributed by atoms with Crippen molar-refractivity contribution in [1.82, 2.24) is 15.0 Å². The molecule has 2 aromatic carbocycles. The summed E-state index contributed by atoms with van der Waals surface area (Å²) in [6.07, 6.45) is 0.981. The maximum atomic E-state index is 11.6. The van der Waals surface area contributed by atoms with E-state index < -0.39 is 20.9 Å². The van der Waals surface area contributed by atoms with Gasteiger partial charge in [-0.15, -0.1) is 0 Å². The Balaban J connectivity index is 1.55. The van der Waals surface area contributed by atoms with Gasteiger partial charge in [-0.05, 0) is 24.1 Å². The standard InChI is InChI=1S/C20H20N4O6S/c1-31(28,29)17-7-5-13(6-8-17)11-23-12-16(25)10-18(23)20-21-19(22-30-20)14-3-2-4-15(9-14)24(26)27/h2-9,16,18,25H,10-12H2,1H3/t16-,18+/m1/s1. The van der Waals surface area contributed by atoms with Gasteiger partial charge in [0.25, 0.3) is 5.69 Å². The van der Waals surface area contributed by atoms with E-state index in [1.807, 2.05) is 4.90 Å². The van der Waals surface area contributed by atoms with Gasteiger partial charge in [-0.2, -0.15) is 4.98 Å². The predicted octanol–water partition coefficient (Wildman–Crippen LogP) is 2.36. The van der Waals surface area contributed by atoms with Crippen LogP contribution in [0.4, 0.5) is 5.69 Å². The van der Waals surface area contributed by atoms with Crippen LogP contribution in [0.2, 0.25) is 0 Å². The largest absolute Gasteiger partial charge is 0.392 e. The summed E-state index contributed by atoms with van der Waals surface area (Å²) < 4.78 is 28.7. The van der Waals surface area contributed by atoms with Crippen molar-refractivity contribution in [1.29, 1.82) is 0 Å². The zero-order valence-electron chi connectivity index (χ0n) is 16.6. The first kappa shape index (κ1) is 21.1. The number of aliphatic hydroxyl groups excluding tert-OH is 1. The average Bonchev–Trinajstić information content (AvgIpc) is 3.34. The molecule has 0 aliphatic carbocycles. The highest BCUT2D eigenvalue weighted by Gasteiger charge is 2.36. The second-order valence-corrected chi connectivity index (χ2v) is 9.53. The van der Waals surface area contributed by atoms with Crippen molar-refractivity contribution in [2.75, 3.05) is 12.8 Å². The van der Waals surface area contributed by atoms with Crippen LogP contribution in [0.25, 0.3) is 11.4 Å². The second-order valence-electron chi connectivity index (χ2n) is 7.51. The van der Waals surface area contributed by atoms with E-state index in [1.54, 1.807) is 36.4 Å². The summed E-state index contributed by atoms with van der Waals surface area (Å²) in [5, 5.41) is 25.1. The van der Waals surface area contributed by atoms with Crippen LogP contribution in [0.3, 0.4) is 0 Å². The van der Waals surface area contributed by atoms with E-state index in [9.17, 15) is 23.6 Å². The van der Waals surface area contributed by atoms with E-state index in [0.717, 1.165) is 11.8 Å². The maximum Gasteiger partial charge on any atom is 0.270 e. The topological polar surface area (TPSA) is 140 Å². The minimum atomic E-state index is -3.27. The molecule has 1 aliphatic heterocycles. The first-order chi connectivity index (χ1) is 14.7. The van der Waals surface area contributed by atoms with Crippen LogP contribution < -0.4 is 0 Å². The number of nitro groups is 1. The normalized spacial score (nSPS) is 19.5. The van der Waals surface area contributed by atoms with Crippen LogP contribution in [-0.2, 0) is 16.4 Å². The van der Waals surface area contributed by atoms with Gasteiger partial charge >= 0.3 is 0 Å². The third-order valence-electron chi connectivity index (χ3n) is 5.16. The van der Waals surface area contributed by atoms with E-state index >= 15 is 0 Å². The molecule has 0 amide bonds. The third-order valence-corrected chi connectivity index (χ3v) is 6.29. The van der Waals surface area contributed by atoms with Crippen molar-refractivity contribution < 1.29 is 23.0 Å². The number of nitro benzene ring substituents is 1. The Bertz CT molecular complexity index is 1210. The molecule has 1 fully saturated rings. The number of β-amino-alcohol motifs (C(OH)–C–C–N with tert-alkyl or cyclic N) is 1. The Morgan fingerprint density at radius 2 is 2.00 bits per heavy atom. The Kier molecular flexibility index (Phi) is 5.56. The highest BCUT2D eigenvalue weighted by Crippen LogP contribution is 2.34. The quantitative estimate of drug-likeness (QED) is 0.448. The number of aromatic nitrogens is 2. The van der Waals surface area contributed by atoms with Gasteiger partial charge in [-0.3, -0.25) is 15.0 Å². The minimum Gasteiger partial charge on any atom is -0.392 e. The summed E-state index contributed by atoms with van der Waals surface area (Å²) in [5.41, 5.74) is 1.27. The van der Waals surface area contributed by atoms with Crippen molar-refractivity contribution >= 4 is 15.5 Å². The maximum absolute atomic E-state index is 11.6.